The highest BCUT2D eigenvalue weighted by Gasteiger charge is 2.08. The van der Waals surface area contributed by atoms with Gasteiger partial charge in [0.2, 0.25) is 0 Å². The van der Waals surface area contributed by atoms with Crippen LogP contribution in [0.5, 0.6) is 0 Å². The molecule has 0 spiro atoms. The van der Waals surface area contributed by atoms with Gasteiger partial charge in [0.15, 0.2) is 0 Å². The highest BCUT2D eigenvalue weighted by atomic mass is 16.1. The van der Waals surface area contributed by atoms with Gasteiger partial charge in [0.25, 0.3) is 5.91 Å². The van der Waals surface area contributed by atoms with Gasteiger partial charge in [-0.05, 0) is 18.9 Å². The van der Waals surface area contributed by atoms with Crippen molar-refractivity contribution in [2.45, 2.75) is 0 Å². The lowest BCUT2D eigenvalue weighted by atomic mass is 10.1. The van der Waals surface area contributed by atoms with Crippen LogP contribution in [0.2, 0.25) is 0 Å². The van der Waals surface area contributed by atoms with Gasteiger partial charge in [-0.25, -0.2) is 4.99 Å². The molecule has 0 aliphatic heterocycles. The minimum absolute atomic E-state index is 0.379. The summed E-state index contributed by atoms with van der Waals surface area (Å²) in [7, 11) is 0. The number of nitrogens with zero attached hydrogens (tertiary/aromatic N) is 3. The highest BCUT2D eigenvalue weighted by Crippen LogP contribution is 2.14. The molecule has 14 heavy (non-hydrogen) atoms. The minimum Gasteiger partial charge on any atom is -0.267 e. The lowest BCUT2D eigenvalue weighted by molar-refractivity contribution is 0.100. The summed E-state index contributed by atoms with van der Waals surface area (Å²) in [4.78, 5) is 22.8. The average Bonchev–Trinajstić information content (AvgIpc) is 2.27. The van der Waals surface area contributed by atoms with E-state index in [2.05, 4.69) is 21.7 Å². The second-order valence-corrected chi connectivity index (χ2v) is 2.69. The van der Waals surface area contributed by atoms with Crippen molar-refractivity contribution in [2.75, 3.05) is 0 Å². The molecule has 0 saturated carbocycles. The molecule has 2 rings (SSSR count). The Balaban J connectivity index is 2.77. The number of benzene rings is 1. The Morgan fingerprint density at radius 3 is 2.86 bits per heavy atom. The molecule has 1 aromatic heterocycles. The predicted molar refractivity (Wildman–Crippen MR) is 53.4 cm³/mol. The third kappa shape index (κ3) is 1.26. The Kier molecular flexibility index (Phi) is 2.02. The summed E-state index contributed by atoms with van der Waals surface area (Å²) in [5.41, 5.74) is 1.68. The molecule has 0 radical (unpaired) electrons. The van der Waals surface area contributed by atoms with Gasteiger partial charge in [0, 0.05) is 12.4 Å². The van der Waals surface area contributed by atoms with E-state index in [9.17, 15) is 4.79 Å². The summed E-state index contributed by atoms with van der Waals surface area (Å²) < 4.78 is 0. The summed E-state index contributed by atoms with van der Waals surface area (Å²) in [5, 5.41) is 0. The van der Waals surface area contributed by atoms with Crippen molar-refractivity contribution < 1.29 is 4.79 Å². The van der Waals surface area contributed by atoms with Crippen LogP contribution in [0.15, 0.2) is 35.6 Å². The fraction of sp³-hybridized carbons (Fsp3) is 0. The first kappa shape index (κ1) is 8.50. The molecular weight excluding hydrogens is 178 g/mol. The van der Waals surface area contributed by atoms with Crippen molar-refractivity contribution in [3.05, 3.63) is 36.2 Å². The monoisotopic (exact) mass is 185 g/mol. The van der Waals surface area contributed by atoms with Crippen molar-refractivity contribution in [3.63, 3.8) is 0 Å². The van der Waals surface area contributed by atoms with Gasteiger partial charge in [0.1, 0.15) is 5.52 Å². The molecule has 0 aliphatic rings. The second-order valence-electron chi connectivity index (χ2n) is 2.69. The molecule has 4 heteroatoms. The van der Waals surface area contributed by atoms with Crippen LogP contribution in [0.25, 0.3) is 11.0 Å². The van der Waals surface area contributed by atoms with Crippen molar-refractivity contribution in [2.24, 2.45) is 4.99 Å². The number of carbonyl (C=O) groups excluding carboxylic acids is 1. The van der Waals surface area contributed by atoms with Crippen LogP contribution in [0.4, 0.5) is 0 Å². The number of aliphatic imine (C=N–C) groups is 1. The van der Waals surface area contributed by atoms with Gasteiger partial charge >= 0.3 is 0 Å². The lowest BCUT2D eigenvalue weighted by Crippen LogP contribution is -1.97. The van der Waals surface area contributed by atoms with Crippen LogP contribution in [0, 0.1) is 0 Å². The number of hydrogen-bond donors (Lipinski definition) is 0. The Morgan fingerprint density at radius 1 is 1.29 bits per heavy atom. The third-order valence-electron chi connectivity index (χ3n) is 1.87. The van der Waals surface area contributed by atoms with Crippen molar-refractivity contribution in [3.8, 4) is 0 Å². The number of fused-ring (bicyclic) bond motifs is 1. The van der Waals surface area contributed by atoms with Gasteiger partial charge in [-0.2, -0.15) is 0 Å². The molecule has 1 aromatic carbocycles. The first-order valence-corrected chi connectivity index (χ1v) is 4.03. The van der Waals surface area contributed by atoms with E-state index in [0.717, 1.165) is 0 Å². The van der Waals surface area contributed by atoms with Crippen LogP contribution < -0.4 is 0 Å². The van der Waals surface area contributed by atoms with Gasteiger partial charge in [-0.15, -0.1) is 0 Å². The maximum absolute atomic E-state index is 11.3. The maximum Gasteiger partial charge on any atom is 0.278 e. The molecule has 2 aromatic rings. The average molecular weight is 185 g/mol. The number of rotatable bonds is 1. The van der Waals surface area contributed by atoms with Crippen LogP contribution >= 0.6 is 0 Å². The molecule has 0 saturated heterocycles. The summed E-state index contributed by atoms with van der Waals surface area (Å²) in [6.45, 7) is 3.20. The fourth-order valence-corrected chi connectivity index (χ4v) is 1.25. The van der Waals surface area contributed by atoms with Crippen LogP contribution in [0.1, 0.15) is 10.4 Å². The Labute approximate surface area is 80.3 Å². The number of aromatic nitrogens is 2. The summed E-state index contributed by atoms with van der Waals surface area (Å²) >= 11 is 0. The zero-order chi connectivity index (χ0) is 9.97. The molecule has 1 amide bonds. The van der Waals surface area contributed by atoms with E-state index >= 15 is 0 Å². The van der Waals surface area contributed by atoms with Crippen LogP contribution in [0.3, 0.4) is 0 Å². The molecule has 0 aliphatic carbocycles. The molecular formula is C10H7N3O. The molecule has 0 atom stereocenters. The van der Waals surface area contributed by atoms with Crippen molar-refractivity contribution in [1.29, 1.82) is 0 Å². The summed E-state index contributed by atoms with van der Waals surface area (Å²) in [6, 6.07) is 5.20. The first-order chi connectivity index (χ1) is 6.83. The van der Waals surface area contributed by atoms with E-state index < -0.39 is 0 Å². The van der Waals surface area contributed by atoms with E-state index in [1.165, 1.54) is 0 Å². The van der Waals surface area contributed by atoms with Gasteiger partial charge in [0.05, 0.1) is 11.1 Å². The zero-order valence-corrected chi connectivity index (χ0v) is 7.34. The molecule has 4 nitrogen and oxygen atoms in total. The fourth-order valence-electron chi connectivity index (χ4n) is 1.25. The molecule has 0 N–H and O–H groups in total. The first-order valence-electron chi connectivity index (χ1n) is 4.03. The smallest absolute Gasteiger partial charge is 0.267 e. The summed E-state index contributed by atoms with van der Waals surface area (Å²) in [6.07, 6.45) is 3.13. The molecule has 0 fully saturated rings. The molecule has 0 unspecified atom stereocenters. The van der Waals surface area contributed by atoms with E-state index in [1.54, 1.807) is 30.6 Å². The normalized spacial score (nSPS) is 10.0. The Hall–Kier alpha value is -2.10. The van der Waals surface area contributed by atoms with Crippen LogP contribution in [-0.4, -0.2) is 22.6 Å². The largest absolute Gasteiger partial charge is 0.278 e. The predicted octanol–water partition coefficient (Wildman–Crippen LogP) is 1.47. The Bertz CT molecular complexity index is 502. The van der Waals surface area contributed by atoms with Gasteiger partial charge < -0.3 is 0 Å². The standard InChI is InChI=1S/C10H7N3O/c1-11-10(14)7-3-2-4-8-9(7)13-6-5-12-8/h2-6H,1H2. The highest BCUT2D eigenvalue weighted by molar-refractivity contribution is 6.06. The lowest BCUT2D eigenvalue weighted by Gasteiger charge is -1.99. The van der Waals surface area contributed by atoms with E-state index in [0.29, 0.717) is 16.6 Å². The second kappa shape index (κ2) is 3.33. The van der Waals surface area contributed by atoms with Gasteiger partial charge in [-0.3, -0.25) is 14.8 Å². The van der Waals surface area contributed by atoms with Gasteiger partial charge in [-0.1, -0.05) is 6.07 Å². The topological polar surface area (TPSA) is 55.2 Å². The van der Waals surface area contributed by atoms with E-state index in [-0.39, 0.29) is 5.91 Å². The Morgan fingerprint density at radius 2 is 2.07 bits per heavy atom. The molecule has 0 bridgehead atoms. The SMILES string of the molecule is C=NC(=O)c1cccc2nccnc12. The minimum atomic E-state index is -0.379. The number of para-hydroxylation sites is 1. The molecule has 68 valence electrons. The third-order valence-corrected chi connectivity index (χ3v) is 1.87. The zero-order valence-electron chi connectivity index (χ0n) is 7.34. The maximum atomic E-state index is 11.3. The van der Waals surface area contributed by atoms with Crippen LogP contribution in [-0.2, 0) is 0 Å². The van der Waals surface area contributed by atoms with Crippen molar-refractivity contribution >= 4 is 23.7 Å². The van der Waals surface area contributed by atoms with E-state index in [1.807, 2.05) is 0 Å². The van der Waals surface area contributed by atoms with E-state index in [4.69, 9.17) is 0 Å². The number of carbonyl (C=O) groups is 1. The molecule has 1 heterocycles. The summed E-state index contributed by atoms with van der Waals surface area (Å²) in [5.74, 6) is -0.379. The van der Waals surface area contributed by atoms with Crippen molar-refractivity contribution in [1.82, 2.24) is 9.97 Å². The number of hydrogen-bond acceptors (Lipinski definition) is 3. The quantitative estimate of drug-likeness (QED) is 0.632. The number of amides is 1.